The Morgan fingerprint density at radius 3 is 2.77 bits per heavy atom. The summed E-state index contributed by atoms with van der Waals surface area (Å²) in [5, 5.41) is 15.6. The number of hydrogen-bond donors (Lipinski definition) is 2. The van der Waals surface area contributed by atoms with E-state index >= 15 is 0 Å². The number of carboxylic acid groups (broad SMARTS) is 1. The minimum Gasteiger partial charge on any atom is -0.478 e. The zero-order valence-electron chi connectivity index (χ0n) is 16.7. The zero-order valence-corrected chi connectivity index (χ0v) is 18.2. The van der Waals surface area contributed by atoms with Crippen LogP contribution >= 0.6 is 22.9 Å². The van der Waals surface area contributed by atoms with Crippen LogP contribution in [0.3, 0.4) is 0 Å². The molecule has 3 aromatic rings. The number of thiazole rings is 1. The van der Waals surface area contributed by atoms with Crippen molar-refractivity contribution in [1.82, 2.24) is 4.98 Å². The standard InChI is InChI=1S/C24H21ClN2O3S/c25-18-9-8-17(20(13-18)24(29)30)12-22(28)26-19-6-1-3-15(11-19)7-10-23-27-21(14-31-23)16-4-2-5-16/h1,3,6-11,13-14,16H,2,4-5,12H2,(H,26,28)(H,29,30). The molecule has 4 rings (SSSR count). The highest BCUT2D eigenvalue weighted by atomic mass is 35.5. The summed E-state index contributed by atoms with van der Waals surface area (Å²) in [6.07, 6.45) is 7.67. The molecule has 1 aromatic heterocycles. The van der Waals surface area contributed by atoms with Gasteiger partial charge in [0.1, 0.15) is 5.01 Å². The molecular weight excluding hydrogens is 432 g/mol. The number of benzene rings is 2. The van der Waals surface area contributed by atoms with E-state index in [1.165, 1.54) is 31.0 Å². The second-order valence-electron chi connectivity index (χ2n) is 7.53. The molecule has 1 aliphatic rings. The normalized spacial score (nSPS) is 13.8. The molecular formula is C24H21ClN2O3S. The maximum Gasteiger partial charge on any atom is 0.336 e. The molecule has 1 saturated carbocycles. The van der Waals surface area contributed by atoms with E-state index in [-0.39, 0.29) is 17.9 Å². The number of amides is 1. The van der Waals surface area contributed by atoms with Crippen molar-refractivity contribution in [2.45, 2.75) is 31.6 Å². The maximum atomic E-state index is 12.5. The van der Waals surface area contributed by atoms with Crippen LogP contribution in [-0.4, -0.2) is 22.0 Å². The monoisotopic (exact) mass is 452 g/mol. The number of rotatable bonds is 7. The van der Waals surface area contributed by atoms with Crippen LogP contribution in [0.15, 0.2) is 47.8 Å². The van der Waals surface area contributed by atoms with E-state index in [1.807, 2.05) is 30.4 Å². The SMILES string of the molecule is O=C(Cc1ccc(Cl)cc1C(=O)O)Nc1cccc(C=Cc2nc(C3CCC3)cs2)c1. The molecule has 2 N–H and O–H groups in total. The first-order valence-electron chi connectivity index (χ1n) is 10.0. The average molecular weight is 453 g/mol. The van der Waals surface area contributed by atoms with E-state index in [2.05, 4.69) is 10.7 Å². The Bertz CT molecular complexity index is 1150. The van der Waals surface area contributed by atoms with Crippen molar-refractivity contribution in [3.63, 3.8) is 0 Å². The van der Waals surface area contributed by atoms with Crippen LogP contribution in [0.4, 0.5) is 5.69 Å². The number of aromatic nitrogens is 1. The fraction of sp³-hybridized carbons (Fsp3) is 0.208. The average Bonchev–Trinajstić information content (AvgIpc) is 3.15. The number of halogens is 1. The van der Waals surface area contributed by atoms with Gasteiger partial charge in [0.05, 0.1) is 17.7 Å². The predicted molar refractivity (Wildman–Crippen MR) is 125 cm³/mol. The van der Waals surface area contributed by atoms with Gasteiger partial charge in [-0.3, -0.25) is 4.79 Å². The highest BCUT2D eigenvalue weighted by molar-refractivity contribution is 7.10. The topological polar surface area (TPSA) is 79.3 Å². The van der Waals surface area contributed by atoms with Crippen molar-refractivity contribution >= 4 is 52.7 Å². The second kappa shape index (κ2) is 9.45. The van der Waals surface area contributed by atoms with E-state index in [1.54, 1.807) is 29.5 Å². The summed E-state index contributed by atoms with van der Waals surface area (Å²) in [6.45, 7) is 0. The summed E-state index contributed by atoms with van der Waals surface area (Å²) < 4.78 is 0. The van der Waals surface area contributed by atoms with Gasteiger partial charge in [0.15, 0.2) is 0 Å². The largest absolute Gasteiger partial charge is 0.478 e. The summed E-state index contributed by atoms with van der Waals surface area (Å²) in [5.74, 6) is -0.782. The lowest BCUT2D eigenvalue weighted by Crippen LogP contribution is -2.16. The molecule has 1 heterocycles. The molecule has 1 fully saturated rings. The van der Waals surface area contributed by atoms with Crippen molar-refractivity contribution in [3.05, 3.63) is 80.3 Å². The summed E-state index contributed by atoms with van der Waals surface area (Å²) in [4.78, 5) is 28.6. The highest BCUT2D eigenvalue weighted by Gasteiger charge is 2.21. The first-order valence-corrected chi connectivity index (χ1v) is 11.3. The summed E-state index contributed by atoms with van der Waals surface area (Å²) in [5.41, 5.74) is 3.23. The Labute approximate surface area is 189 Å². The molecule has 0 atom stereocenters. The van der Waals surface area contributed by atoms with Gasteiger partial charge < -0.3 is 10.4 Å². The minimum atomic E-state index is -1.11. The van der Waals surface area contributed by atoms with Crippen molar-refractivity contribution < 1.29 is 14.7 Å². The van der Waals surface area contributed by atoms with Gasteiger partial charge in [-0.15, -0.1) is 11.3 Å². The number of nitrogens with zero attached hydrogens (tertiary/aromatic N) is 1. The summed E-state index contributed by atoms with van der Waals surface area (Å²) in [7, 11) is 0. The van der Waals surface area contributed by atoms with Gasteiger partial charge in [0.2, 0.25) is 5.91 Å². The van der Waals surface area contributed by atoms with E-state index in [4.69, 9.17) is 16.6 Å². The number of hydrogen-bond acceptors (Lipinski definition) is 4. The van der Waals surface area contributed by atoms with E-state index < -0.39 is 5.97 Å². The molecule has 0 spiro atoms. The molecule has 0 aliphatic heterocycles. The number of carbonyl (C=O) groups excluding carboxylic acids is 1. The molecule has 0 radical (unpaired) electrons. The van der Waals surface area contributed by atoms with Crippen LogP contribution in [0.5, 0.6) is 0 Å². The van der Waals surface area contributed by atoms with Crippen LogP contribution in [-0.2, 0) is 11.2 Å². The molecule has 0 bridgehead atoms. The number of anilines is 1. The minimum absolute atomic E-state index is 0.0315. The first kappa shape index (κ1) is 21.3. The fourth-order valence-electron chi connectivity index (χ4n) is 3.44. The van der Waals surface area contributed by atoms with Crippen molar-refractivity contribution in [2.24, 2.45) is 0 Å². The maximum absolute atomic E-state index is 12.5. The number of carbonyl (C=O) groups is 2. The number of carboxylic acids is 1. The molecule has 158 valence electrons. The summed E-state index contributed by atoms with van der Waals surface area (Å²) in [6, 6.07) is 12.0. The van der Waals surface area contributed by atoms with Gasteiger partial charge in [-0.25, -0.2) is 9.78 Å². The lowest BCUT2D eigenvalue weighted by atomic mass is 9.83. The third kappa shape index (κ3) is 5.40. The Hall–Kier alpha value is -2.96. The van der Waals surface area contributed by atoms with Crippen LogP contribution in [0.1, 0.15) is 57.4 Å². The lowest BCUT2D eigenvalue weighted by molar-refractivity contribution is -0.115. The highest BCUT2D eigenvalue weighted by Crippen LogP contribution is 2.36. The quantitative estimate of drug-likeness (QED) is 0.453. The third-order valence-electron chi connectivity index (χ3n) is 5.31. The first-order chi connectivity index (χ1) is 15.0. The Kier molecular flexibility index (Phi) is 6.49. The van der Waals surface area contributed by atoms with Crippen molar-refractivity contribution in [1.29, 1.82) is 0 Å². The number of nitrogens with one attached hydrogen (secondary N) is 1. The lowest BCUT2D eigenvalue weighted by Gasteiger charge is -2.22. The van der Waals surface area contributed by atoms with E-state index in [0.717, 1.165) is 10.6 Å². The van der Waals surface area contributed by atoms with Crippen LogP contribution < -0.4 is 5.32 Å². The molecule has 31 heavy (non-hydrogen) atoms. The number of aromatic carboxylic acids is 1. The smallest absolute Gasteiger partial charge is 0.336 e. The molecule has 0 saturated heterocycles. The molecule has 2 aromatic carbocycles. The fourth-order valence-corrected chi connectivity index (χ4v) is 4.40. The van der Waals surface area contributed by atoms with Crippen molar-refractivity contribution in [2.75, 3.05) is 5.32 Å². The third-order valence-corrected chi connectivity index (χ3v) is 6.37. The van der Waals surface area contributed by atoms with Gasteiger partial charge in [0, 0.05) is 22.0 Å². The predicted octanol–water partition coefficient (Wildman–Crippen LogP) is 6.11. The van der Waals surface area contributed by atoms with E-state index in [0.29, 0.717) is 22.2 Å². The second-order valence-corrected chi connectivity index (χ2v) is 8.85. The van der Waals surface area contributed by atoms with Crippen LogP contribution in [0, 0.1) is 0 Å². The molecule has 7 heteroatoms. The zero-order chi connectivity index (χ0) is 21.8. The Morgan fingerprint density at radius 1 is 1.19 bits per heavy atom. The van der Waals surface area contributed by atoms with Gasteiger partial charge in [-0.1, -0.05) is 42.3 Å². The summed E-state index contributed by atoms with van der Waals surface area (Å²) >= 11 is 7.51. The van der Waals surface area contributed by atoms with Crippen LogP contribution in [0.25, 0.3) is 12.2 Å². The van der Waals surface area contributed by atoms with Gasteiger partial charge >= 0.3 is 5.97 Å². The van der Waals surface area contributed by atoms with Crippen molar-refractivity contribution in [3.8, 4) is 0 Å². The molecule has 1 amide bonds. The molecule has 5 nitrogen and oxygen atoms in total. The van der Waals surface area contributed by atoms with Crippen LogP contribution in [0.2, 0.25) is 5.02 Å². The van der Waals surface area contributed by atoms with Gasteiger partial charge in [-0.2, -0.15) is 0 Å². The van der Waals surface area contributed by atoms with E-state index in [9.17, 15) is 14.7 Å². The Balaban J connectivity index is 1.41. The van der Waals surface area contributed by atoms with Gasteiger partial charge in [-0.05, 0) is 54.3 Å². The molecule has 0 unspecified atom stereocenters. The Morgan fingerprint density at radius 2 is 2.03 bits per heavy atom. The molecule has 1 aliphatic carbocycles. The van der Waals surface area contributed by atoms with Gasteiger partial charge in [0.25, 0.3) is 0 Å².